The maximum absolute atomic E-state index is 12.3. The van der Waals surface area contributed by atoms with Crippen LogP contribution in [0.4, 0.5) is 5.69 Å². The summed E-state index contributed by atoms with van der Waals surface area (Å²) in [6.45, 7) is 2.60. The van der Waals surface area contributed by atoms with Crippen molar-refractivity contribution in [1.82, 2.24) is 4.72 Å². The topological polar surface area (TPSA) is 84.5 Å². The summed E-state index contributed by atoms with van der Waals surface area (Å²) in [6, 6.07) is 10.9. The number of halogens is 1. The summed E-state index contributed by atoms with van der Waals surface area (Å²) in [4.78, 5) is 12.4. The van der Waals surface area contributed by atoms with Gasteiger partial charge >= 0.3 is 0 Å². The van der Waals surface area contributed by atoms with Gasteiger partial charge in [0.25, 0.3) is 5.91 Å². The number of hydrogen-bond donors (Lipinski definition) is 2. The van der Waals surface area contributed by atoms with Gasteiger partial charge in [0.15, 0.2) is 0 Å². The highest BCUT2D eigenvalue weighted by molar-refractivity contribution is 7.89. The number of methoxy groups -OCH3 is 1. The molecule has 2 aromatic carbocycles. The first-order valence-electron chi connectivity index (χ1n) is 7.99. The molecule has 26 heavy (non-hydrogen) atoms. The Morgan fingerprint density at radius 2 is 1.85 bits per heavy atom. The van der Waals surface area contributed by atoms with Gasteiger partial charge in [-0.2, -0.15) is 0 Å². The monoisotopic (exact) mass is 396 g/mol. The Balaban J connectivity index is 2.05. The first-order valence-corrected chi connectivity index (χ1v) is 9.86. The lowest BCUT2D eigenvalue weighted by atomic mass is 10.1. The first-order chi connectivity index (χ1) is 12.3. The number of aryl methyl sites for hydroxylation is 1. The van der Waals surface area contributed by atoms with E-state index < -0.39 is 10.0 Å². The lowest BCUT2D eigenvalue weighted by molar-refractivity contribution is 0.102. The largest absolute Gasteiger partial charge is 0.385 e. The first kappa shape index (κ1) is 20.4. The molecule has 0 fully saturated rings. The van der Waals surface area contributed by atoms with Crippen LogP contribution >= 0.6 is 11.6 Å². The molecule has 0 unspecified atom stereocenters. The van der Waals surface area contributed by atoms with Crippen molar-refractivity contribution in [1.29, 1.82) is 0 Å². The van der Waals surface area contributed by atoms with Gasteiger partial charge in [-0.05, 0) is 61.4 Å². The minimum atomic E-state index is -3.61. The third-order valence-electron chi connectivity index (χ3n) is 3.68. The van der Waals surface area contributed by atoms with Gasteiger partial charge < -0.3 is 10.1 Å². The zero-order valence-corrected chi connectivity index (χ0v) is 16.2. The van der Waals surface area contributed by atoms with E-state index in [0.717, 1.165) is 5.56 Å². The number of nitrogens with one attached hydrogen (secondary N) is 2. The van der Waals surface area contributed by atoms with Crippen LogP contribution in [0, 0.1) is 6.92 Å². The Bertz CT molecular complexity index is 867. The molecule has 0 saturated heterocycles. The molecule has 0 bridgehead atoms. The Morgan fingerprint density at radius 1 is 1.15 bits per heavy atom. The molecule has 6 nitrogen and oxygen atoms in total. The summed E-state index contributed by atoms with van der Waals surface area (Å²) >= 11 is 5.90. The zero-order chi connectivity index (χ0) is 19.2. The minimum Gasteiger partial charge on any atom is -0.385 e. The molecule has 0 aromatic heterocycles. The highest BCUT2D eigenvalue weighted by Crippen LogP contribution is 2.20. The fourth-order valence-electron chi connectivity index (χ4n) is 2.25. The number of carbonyl (C=O) groups is 1. The van der Waals surface area contributed by atoms with E-state index in [4.69, 9.17) is 16.3 Å². The number of amides is 1. The third-order valence-corrected chi connectivity index (χ3v) is 5.39. The van der Waals surface area contributed by atoms with Gasteiger partial charge in [0.2, 0.25) is 10.0 Å². The standard InChI is InChI=1S/C18H21ClN2O4S/c1-13-12-15(19)6-9-17(13)21-18(22)14-4-7-16(8-5-14)26(23,24)20-10-3-11-25-2/h4-9,12,20H,3,10-11H2,1-2H3,(H,21,22). The van der Waals surface area contributed by atoms with Gasteiger partial charge in [-0.25, -0.2) is 13.1 Å². The van der Waals surface area contributed by atoms with E-state index in [0.29, 0.717) is 29.3 Å². The Labute approximate surface area is 158 Å². The smallest absolute Gasteiger partial charge is 0.255 e. The van der Waals surface area contributed by atoms with Crippen LogP contribution in [0.2, 0.25) is 5.02 Å². The van der Waals surface area contributed by atoms with Crippen molar-refractivity contribution in [2.75, 3.05) is 25.6 Å². The third kappa shape index (κ3) is 5.54. The lowest BCUT2D eigenvalue weighted by Crippen LogP contribution is -2.25. The molecular weight excluding hydrogens is 376 g/mol. The van der Waals surface area contributed by atoms with E-state index in [-0.39, 0.29) is 17.3 Å². The molecule has 0 saturated carbocycles. The van der Waals surface area contributed by atoms with Crippen LogP contribution in [0.15, 0.2) is 47.4 Å². The van der Waals surface area contributed by atoms with Crippen LogP contribution in [0.5, 0.6) is 0 Å². The van der Waals surface area contributed by atoms with Crippen molar-refractivity contribution in [2.24, 2.45) is 0 Å². The number of hydrogen-bond acceptors (Lipinski definition) is 4. The lowest BCUT2D eigenvalue weighted by Gasteiger charge is -2.10. The molecule has 1 amide bonds. The van der Waals surface area contributed by atoms with Crippen molar-refractivity contribution < 1.29 is 17.9 Å². The van der Waals surface area contributed by atoms with Gasteiger partial charge in [-0.3, -0.25) is 4.79 Å². The molecule has 0 spiro atoms. The van der Waals surface area contributed by atoms with E-state index in [1.54, 1.807) is 25.3 Å². The van der Waals surface area contributed by atoms with E-state index in [9.17, 15) is 13.2 Å². The van der Waals surface area contributed by atoms with Crippen LogP contribution in [-0.2, 0) is 14.8 Å². The highest BCUT2D eigenvalue weighted by atomic mass is 35.5. The van der Waals surface area contributed by atoms with Crippen molar-refractivity contribution in [3.63, 3.8) is 0 Å². The number of ether oxygens (including phenoxy) is 1. The van der Waals surface area contributed by atoms with Crippen LogP contribution in [0.3, 0.4) is 0 Å². The summed E-state index contributed by atoms with van der Waals surface area (Å²) < 4.78 is 31.7. The van der Waals surface area contributed by atoms with Gasteiger partial charge in [0, 0.05) is 36.5 Å². The SMILES string of the molecule is COCCCNS(=O)(=O)c1ccc(C(=O)Nc2ccc(Cl)cc2C)cc1. The van der Waals surface area contributed by atoms with E-state index in [2.05, 4.69) is 10.0 Å². The van der Waals surface area contributed by atoms with Crippen molar-refractivity contribution in [3.05, 3.63) is 58.6 Å². The maximum atomic E-state index is 12.3. The second-order valence-corrected chi connectivity index (χ2v) is 7.89. The normalized spacial score (nSPS) is 11.3. The zero-order valence-electron chi connectivity index (χ0n) is 14.6. The summed E-state index contributed by atoms with van der Waals surface area (Å²) in [7, 11) is -2.05. The molecule has 0 aliphatic rings. The molecule has 0 aliphatic heterocycles. The van der Waals surface area contributed by atoms with Gasteiger partial charge in [0.1, 0.15) is 0 Å². The van der Waals surface area contributed by atoms with Crippen molar-refractivity contribution in [3.8, 4) is 0 Å². The molecule has 0 heterocycles. The molecule has 2 aromatic rings. The predicted octanol–water partition coefficient (Wildman–Crippen LogP) is 3.22. The van der Waals surface area contributed by atoms with E-state index >= 15 is 0 Å². The second kappa shape index (κ2) is 9.14. The Hall–Kier alpha value is -1.93. The van der Waals surface area contributed by atoms with Crippen LogP contribution in [0.1, 0.15) is 22.3 Å². The molecule has 2 N–H and O–H groups in total. The minimum absolute atomic E-state index is 0.106. The average Bonchev–Trinajstić information content (AvgIpc) is 2.61. The summed E-state index contributed by atoms with van der Waals surface area (Å²) in [5.41, 5.74) is 1.85. The number of anilines is 1. The molecule has 2 rings (SSSR count). The highest BCUT2D eigenvalue weighted by Gasteiger charge is 2.15. The molecule has 0 aliphatic carbocycles. The van der Waals surface area contributed by atoms with Gasteiger partial charge in [0.05, 0.1) is 4.90 Å². The van der Waals surface area contributed by atoms with Crippen molar-refractivity contribution in [2.45, 2.75) is 18.2 Å². The van der Waals surface area contributed by atoms with Gasteiger partial charge in [-0.15, -0.1) is 0 Å². The predicted molar refractivity (Wildman–Crippen MR) is 102 cm³/mol. The van der Waals surface area contributed by atoms with Crippen LogP contribution in [-0.4, -0.2) is 34.6 Å². The molecular formula is C18H21ClN2O4S. The molecule has 140 valence electrons. The Kier molecular flexibility index (Phi) is 7.16. The molecule has 0 radical (unpaired) electrons. The number of benzene rings is 2. The molecule has 0 atom stereocenters. The van der Waals surface area contributed by atoms with Gasteiger partial charge in [-0.1, -0.05) is 11.6 Å². The Morgan fingerprint density at radius 3 is 2.46 bits per heavy atom. The summed E-state index contributed by atoms with van der Waals surface area (Å²) in [5, 5.41) is 3.37. The number of sulfonamides is 1. The van der Waals surface area contributed by atoms with Crippen LogP contribution in [0.25, 0.3) is 0 Å². The van der Waals surface area contributed by atoms with Crippen LogP contribution < -0.4 is 10.0 Å². The summed E-state index contributed by atoms with van der Waals surface area (Å²) in [6.07, 6.45) is 0.580. The fourth-order valence-corrected chi connectivity index (χ4v) is 3.55. The average molecular weight is 397 g/mol. The quantitative estimate of drug-likeness (QED) is 0.671. The summed E-state index contributed by atoms with van der Waals surface area (Å²) in [5.74, 6) is -0.326. The second-order valence-electron chi connectivity index (χ2n) is 5.68. The number of carbonyl (C=O) groups excluding carboxylic acids is 1. The fraction of sp³-hybridized carbons (Fsp3) is 0.278. The number of rotatable bonds is 8. The van der Waals surface area contributed by atoms with E-state index in [1.165, 1.54) is 24.3 Å². The maximum Gasteiger partial charge on any atom is 0.255 e. The van der Waals surface area contributed by atoms with E-state index in [1.807, 2.05) is 6.92 Å². The van der Waals surface area contributed by atoms with Crippen molar-refractivity contribution >= 4 is 33.2 Å². The molecule has 8 heteroatoms.